The molecular weight excluding hydrogens is 384 g/mol. The molecule has 1 aromatic heterocycles. The van der Waals surface area contributed by atoms with E-state index in [1.54, 1.807) is 6.08 Å². The molecule has 29 heavy (non-hydrogen) atoms. The van der Waals surface area contributed by atoms with E-state index in [-0.39, 0.29) is 11.9 Å². The molecule has 1 saturated heterocycles. The van der Waals surface area contributed by atoms with Gasteiger partial charge >= 0.3 is 0 Å². The summed E-state index contributed by atoms with van der Waals surface area (Å²) in [7, 11) is 0. The summed E-state index contributed by atoms with van der Waals surface area (Å²) < 4.78 is 1.94. The third-order valence-electron chi connectivity index (χ3n) is 5.59. The van der Waals surface area contributed by atoms with Crippen molar-refractivity contribution >= 4 is 23.6 Å². The lowest BCUT2D eigenvalue weighted by Crippen LogP contribution is -2.44. The number of aromatic nitrogens is 2. The largest absolute Gasteiger partial charge is 0.350 e. The normalized spacial score (nSPS) is 15.9. The predicted octanol–water partition coefficient (Wildman–Crippen LogP) is 4.21. The molecule has 1 amide bonds. The molecule has 0 aliphatic carbocycles. The molecule has 0 saturated carbocycles. The molecule has 0 radical (unpaired) electrons. The summed E-state index contributed by atoms with van der Waals surface area (Å²) in [5, 5.41) is 8.52. The number of hydrogen-bond acceptors (Lipinski definition) is 3. The van der Waals surface area contributed by atoms with Crippen molar-refractivity contribution in [2.45, 2.75) is 52.6 Å². The molecule has 1 aromatic carbocycles. The monoisotopic (exact) mass is 414 g/mol. The number of carbonyl (C=O) groups is 1. The Bertz CT molecular complexity index is 866. The van der Waals surface area contributed by atoms with Crippen LogP contribution in [-0.4, -0.2) is 46.3 Å². The van der Waals surface area contributed by atoms with Gasteiger partial charge < -0.3 is 10.2 Å². The fraction of sp³-hybridized carbons (Fsp3) is 0.478. The molecule has 1 aliphatic heterocycles. The van der Waals surface area contributed by atoms with Crippen molar-refractivity contribution < 1.29 is 4.79 Å². The van der Waals surface area contributed by atoms with Gasteiger partial charge in [-0.2, -0.15) is 5.10 Å². The van der Waals surface area contributed by atoms with Gasteiger partial charge in [0, 0.05) is 41.5 Å². The number of nitrogens with one attached hydrogen (secondary N) is 1. The number of benzene rings is 1. The number of amides is 1. The van der Waals surface area contributed by atoms with E-state index in [1.807, 2.05) is 48.9 Å². The van der Waals surface area contributed by atoms with Crippen LogP contribution in [0.5, 0.6) is 0 Å². The van der Waals surface area contributed by atoms with E-state index in [2.05, 4.69) is 22.2 Å². The first-order valence-electron chi connectivity index (χ1n) is 10.5. The van der Waals surface area contributed by atoms with Crippen LogP contribution in [0.15, 0.2) is 30.3 Å². The minimum Gasteiger partial charge on any atom is -0.350 e. The van der Waals surface area contributed by atoms with Crippen LogP contribution >= 0.6 is 11.6 Å². The van der Waals surface area contributed by atoms with Crippen molar-refractivity contribution in [2.75, 3.05) is 19.6 Å². The summed E-state index contributed by atoms with van der Waals surface area (Å²) in [6, 6.07) is 8.07. The second-order valence-corrected chi connectivity index (χ2v) is 8.20. The van der Waals surface area contributed by atoms with Crippen molar-refractivity contribution in [1.82, 2.24) is 20.0 Å². The average Bonchev–Trinajstić information content (AvgIpc) is 2.96. The van der Waals surface area contributed by atoms with Crippen molar-refractivity contribution in [3.8, 4) is 0 Å². The van der Waals surface area contributed by atoms with Gasteiger partial charge in [-0.1, -0.05) is 36.7 Å². The molecule has 0 atom stereocenters. The van der Waals surface area contributed by atoms with Crippen molar-refractivity contribution in [1.29, 1.82) is 0 Å². The zero-order chi connectivity index (χ0) is 20.8. The standard InChI is InChI=1S/C23H31ClN4O/c1-4-13-27-14-11-20(12-15-27)25-23(29)10-9-21-17(2)26-28(18(21)3)16-19-7-5-6-8-22(19)24/h5-10,20H,4,11-16H2,1-3H3,(H,25,29)/b10-9+. The molecule has 1 fully saturated rings. The van der Waals surface area contributed by atoms with Crippen molar-refractivity contribution in [2.24, 2.45) is 0 Å². The fourth-order valence-corrected chi connectivity index (χ4v) is 4.11. The van der Waals surface area contributed by atoms with E-state index in [0.717, 1.165) is 60.0 Å². The van der Waals surface area contributed by atoms with Gasteiger partial charge in [0.2, 0.25) is 5.91 Å². The van der Waals surface area contributed by atoms with E-state index in [9.17, 15) is 4.79 Å². The first-order chi connectivity index (χ1) is 14.0. The van der Waals surface area contributed by atoms with Gasteiger partial charge in [0.05, 0.1) is 12.2 Å². The Morgan fingerprint density at radius 2 is 2.00 bits per heavy atom. The van der Waals surface area contributed by atoms with Crippen LogP contribution in [0.2, 0.25) is 5.02 Å². The highest BCUT2D eigenvalue weighted by molar-refractivity contribution is 6.31. The minimum absolute atomic E-state index is 0.0309. The first-order valence-corrected chi connectivity index (χ1v) is 10.8. The number of aryl methyl sites for hydroxylation is 1. The molecule has 1 N–H and O–H groups in total. The molecule has 0 unspecified atom stereocenters. The van der Waals surface area contributed by atoms with Crippen LogP contribution in [-0.2, 0) is 11.3 Å². The van der Waals surface area contributed by atoms with Crippen LogP contribution in [0.25, 0.3) is 6.08 Å². The number of halogens is 1. The Balaban J connectivity index is 1.60. The fourth-order valence-electron chi connectivity index (χ4n) is 3.92. The van der Waals surface area contributed by atoms with Gasteiger partial charge in [-0.3, -0.25) is 9.48 Å². The maximum atomic E-state index is 12.4. The lowest BCUT2D eigenvalue weighted by molar-refractivity contribution is -0.117. The number of likely N-dealkylation sites (tertiary alicyclic amines) is 1. The maximum Gasteiger partial charge on any atom is 0.244 e. The quantitative estimate of drug-likeness (QED) is 0.690. The van der Waals surface area contributed by atoms with Gasteiger partial charge in [0.25, 0.3) is 0 Å². The van der Waals surface area contributed by atoms with Crippen molar-refractivity contribution in [3.63, 3.8) is 0 Å². The Morgan fingerprint density at radius 3 is 2.69 bits per heavy atom. The van der Waals surface area contributed by atoms with Crippen LogP contribution in [0, 0.1) is 13.8 Å². The zero-order valence-corrected chi connectivity index (χ0v) is 18.4. The first kappa shape index (κ1) is 21.6. The molecule has 1 aliphatic rings. The molecule has 3 rings (SSSR count). The van der Waals surface area contributed by atoms with E-state index in [4.69, 9.17) is 11.6 Å². The Morgan fingerprint density at radius 1 is 1.28 bits per heavy atom. The SMILES string of the molecule is CCCN1CCC(NC(=O)/C=C/c2c(C)nn(Cc3ccccc3Cl)c2C)CC1. The number of hydrogen-bond donors (Lipinski definition) is 1. The van der Waals surface area contributed by atoms with Gasteiger partial charge in [-0.15, -0.1) is 0 Å². The second-order valence-electron chi connectivity index (χ2n) is 7.79. The summed E-state index contributed by atoms with van der Waals surface area (Å²) in [5.74, 6) is -0.0309. The summed E-state index contributed by atoms with van der Waals surface area (Å²) in [6.45, 7) is 10.1. The lowest BCUT2D eigenvalue weighted by Gasteiger charge is -2.31. The van der Waals surface area contributed by atoms with E-state index in [1.165, 1.54) is 6.42 Å². The second kappa shape index (κ2) is 10.1. The Hall–Kier alpha value is -2.11. The third kappa shape index (κ3) is 5.71. The van der Waals surface area contributed by atoms with E-state index in [0.29, 0.717) is 6.54 Å². The van der Waals surface area contributed by atoms with Crippen molar-refractivity contribution in [3.05, 3.63) is 57.9 Å². The highest BCUT2D eigenvalue weighted by Gasteiger charge is 2.19. The zero-order valence-electron chi connectivity index (χ0n) is 17.6. The molecule has 5 nitrogen and oxygen atoms in total. The summed E-state index contributed by atoms with van der Waals surface area (Å²) in [5.41, 5.74) is 3.96. The molecule has 0 spiro atoms. The van der Waals surface area contributed by atoms with Gasteiger partial charge in [-0.25, -0.2) is 0 Å². The average molecular weight is 415 g/mol. The molecule has 6 heteroatoms. The molecular formula is C23H31ClN4O. The molecule has 0 bridgehead atoms. The number of piperidine rings is 1. The molecule has 156 valence electrons. The lowest BCUT2D eigenvalue weighted by atomic mass is 10.0. The smallest absolute Gasteiger partial charge is 0.244 e. The minimum atomic E-state index is -0.0309. The third-order valence-corrected chi connectivity index (χ3v) is 5.96. The summed E-state index contributed by atoms with van der Waals surface area (Å²) in [4.78, 5) is 14.9. The van der Waals surface area contributed by atoms with E-state index >= 15 is 0 Å². The van der Waals surface area contributed by atoms with Gasteiger partial charge in [0.15, 0.2) is 0 Å². The van der Waals surface area contributed by atoms with Crippen LogP contribution < -0.4 is 5.32 Å². The number of carbonyl (C=O) groups excluding carboxylic acids is 1. The number of rotatable bonds is 7. The summed E-state index contributed by atoms with van der Waals surface area (Å²) >= 11 is 6.28. The topological polar surface area (TPSA) is 50.2 Å². The highest BCUT2D eigenvalue weighted by atomic mass is 35.5. The van der Waals surface area contributed by atoms with Gasteiger partial charge in [0.1, 0.15) is 0 Å². The van der Waals surface area contributed by atoms with E-state index < -0.39 is 0 Å². The van der Waals surface area contributed by atoms with Crippen LogP contribution in [0.1, 0.15) is 48.7 Å². The molecule has 2 heterocycles. The number of nitrogens with zero attached hydrogens (tertiary/aromatic N) is 3. The molecule has 2 aromatic rings. The maximum absolute atomic E-state index is 12.4. The summed E-state index contributed by atoms with van der Waals surface area (Å²) in [6.07, 6.45) is 6.74. The highest BCUT2D eigenvalue weighted by Crippen LogP contribution is 2.20. The van der Waals surface area contributed by atoms with Crippen LogP contribution in [0.3, 0.4) is 0 Å². The Labute approximate surface area is 178 Å². The Kier molecular flexibility index (Phi) is 7.51. The van der Waals surface area contributed by atoms with Crippen LogP contribution in [0.4, 0.5) is 0 Å². The van der Waals surface area contributed by atoms with Gasteiger partial charge in [-0.05, 0) is 57.4 Å². The predicted molar refractivity (Wildman–Crippen MR) is 119 cm³/mol.